The molecule has 0 atom stereocenters. The molecular formula is C25H26BrClFNO3. The molecule has 0 aliphatic heterocycles. The van der Waals surface area contributed by atoms with Crippen molar-refractivity contribution >= 4 is 44.6 Å². The maximum absolute atomic E-state index is 14.3. The molecule has 1 heterocycles. The van der Waals surface area contributed by atoms with Crippen LogP contribution < -0.4 is 5.56 Å². The van der Waals surface area contributed by atoms with Gasteiger partial charge in [0.15, 0.2) is 5.82 Å². The minimum Gasteiger partial charge on any atom is -0.391 e. The quantitative estimate of drug-likeness (QED) is 0.267. The molecule has 0 saturated heterocycles. The van der Waals surface area contributed by atoms with Crippen LogP contribution in [-0.4, -0.2) is 21.6 Å². The summed E-state index contributed by atoms with van der Waals surface area (Å²) in [6.07, 6.45) is 8.75. The van der Waals surface area contributed by atoms with Gasteiger partial charge in [-0.2, -0.15) is 0 Å². The average Bonchev–Trinajstić information content (AvgIpc) is 2.72. The molecule has 32 heavy (non-hydrogen) atoms. The third-order valence-electron chi connectivity index (χ3n) is 4.25. The number of carbonyl (C=O) groups is 1. The van der Waals surface area contributed by atoms with Gasteiger partial charge in [0.1, 0.15) is 6.29 Å². The minimum absolute atomic E-state index is 0.0267. The number of benzene rings is 2. The van der Waals surface area contributed by atoms with Gasteiger partial charge in [-0.25, -0.2) is 4.39 Å². The second-order valence-electron chi connectivity index (χ2n) is 8.00. The molecular weight excluding hydrogens is 497 g/mol. The Morgan fingerprint density at radius 1 is 1.19 bits per heavy atom. The zero-order chi connectivity index (χ0) is 24.8. The van der Waals surface area contributed by atoms with E-state index in [2.05, 4.69) is 28.8 Å². The molecule has 0 spiro atoms. The number of terminal acetylenes is 1. The van der Waals surface area contributed by atoms with Crippen LogP contribution in [0.2, 0.25) is 5.02 Å². The van der Waals surface area contributed by atoms with Gasteiger partial charge in [-0.15, -0.1) is 12.8 Å². The van der Waals surface area contributed by atoms with Gasteiger partial charge in [-0.3, -0.25) is 4.79 Å². The zero-order valence-electron chi connectivity index (χ0n) is 18.7. The van der Waals surface area contributed by atoms with E-state index < -0.39 is 11.4 Å². The Hall–Kier alpha value is -2.46. The fourth-order valence-electron chi connectivity index (χ4n) is 3.02. The van der Waals surface area contributed by atoms with Gasteiger partial charge >= 0.3 is 0 Å². The molecule has 0 bridgehead atoms. The van der Waals surface area contributed by atoms with Gasteiger partial charge in [0.25, 0.3) is 5.56 Å². The van der Waals surface area contributed by atoms with Crippen molar-refractivity contribution in [2.24, 2.45) is 7.05 Å². The second-order valence-corrected chi connectivity index (χ2v) is 9.23. The number of aliphatic hydroxyl groups is 1. The molecule has 0 aliphatic carbocycles. The number of pyridine rings is 1. The van der Waals surface area contributed by atoms with E-state index in [1.165, 1.54) is 4.57 Å². The molecule has 2 aromatic carbocycles. The Labute approximate surface area is 201 Å². The molecule has 4 nitrogen and oxygen atoms in total. The normalized spacial score (nSPS) is 10.6. The van der Waals surface area contributed by atoms with Crippen LogP contribution in [0.25, 0.3) is 21.9 Å². The van der Waals surface area contributed by atoms with Crippen molar-refractivity contribution in [1.82, 2.24) is 4.57 Å². The molecule has 3 rings (SSSR count). The van der Waals surface area contributed by atoms with Crippen molar-refractivity contribution < 1.29 is 14.3 Å². The molecule has 7 heteroatoms. The monoisotopic (exact) mass is 521 g/mol. The fourth-order valence-corrected chi connectivity index (χ4v) is 3.72. The smallest absolute Gasteiger partial charge is 0.258 e. The first-order valence-electron chi connectivity index (χ1n) is 9.62. The van der Waals surface area contributed by atoms with Gasteiger partial charge in [-0.05, 0) is 61.1 Å². The summed E-state index contributed by atoms with van der Waals surface area (Å²) in [5.74, 6) is -0.578. The Morgan fingerprint density at radius 2 is 1.75 bits per heavy atom. The van der Waals surface area contributed by atoms with E-state index >= 15 is 0 Å². The summed E-state index contributed by atoms with van der Waals surface area (Å²) in [7, 11) is 1.61. The summed E-state index contributed by atoms with van der Waals surface area (Å²) in [4.78, 5) is 23.9. The fraction of sp³-hybridized carbons (Fsp3) is 0.280. The first-order valence-corrected chi connectivity index (χ1v) is 10.8. The largest absolute Gasteiger partial charge is 0.391 e. The lowest BCUT2D eigenvalue weighted by Gasteiger charge is -2.18. The summed E-state index contributed by atoms with van der Waals surface area (Å²) in [5.41, 5.74) is 1.78. The molecule has 0 aliphatic rings. The predicted octanol–water partition coefficient (Wildman–Crippen LogP) is 5.84. The van der Waals surface area contributed by atoms with E-state index in [0.717, 1.165) is 11.8 Å². The standard InChI is InChI=1S/C19H14BrClFNO2.C4H10O.C2H2/c1-10-3-4-11-13(9-10)19(25)23(2)15(7-8-24)16(11)12-5-6-14(20)18(22)17(12)21;1-4(2,3)5;1-2/h3-6,8-9H,7H2,1-2H3;5H,1-3H3;1-2H. The molecule has 0 fully saturated rings. The molecule has 3 aromatic rings. The first-order chi connectivity index (χ1) is 14.9. The minimum atomic E-state index is -0.578. The van der Waals surface area contributed by atoms with Crippen LogP contribution in [-0.2, 0) is 18.3 Å². The highest BCUT2D eigenvalue weighted by Gasteiger charge is 2.20. The number of carbonyl (C=O) groups excluding carboxylic acids is 1. The van der Waals surface area contributed by atoms with Gasteiger partial charge in [0, 0.05) is 35.7 Å². The van der Waals surface area contributed by atoms with Gasteiger partial charge < -0.3 is 14.5 Å². The third kappa shape index (κ3) is 6.52. The van der Waals surface area contributed by atoms with Crippen LogP contribution >= 0.6 is 27.5 Å². The van der Waals surface area contributed by atoms with E-state index in [0.29, 0.717) is 27.6 Å². The summed E-state index contributed by atoms with van der Waals surface area (Å²) in [5, 5.41) is 9.62. The highest BCUT2D eigenvalue weighted by molar-refractivity contribution is 9.10. The average molecular weight is 523 g/mol. The van der Waals surface area contributed by atoms with E-state index in [4.69, 9.17) is 16.7 Å². The molecule has 0 unspecified atom stereocenters. The Morgan fingerprint density at radius 3 is 2.28 bits per heavy atom. The summed E-state index contributed by atoms with van der Waals surface area (Å²) in [6.45, 7) is 7.12. The SMILES string of the molecule is C#C.CC(C)(C)O.Cc1ccc2c(-c3ccc(Br)c(F)c3Cl)c(CC=O)n(C)c(=O)c2c1. The van der Waals surface area contributed by atoms with Gasteiger partial charge in [0.05, 0.1) is 15.1 Å². The Bertz CT molecular complexity index is 1200. The van der Waals surface area contributed by atoms with Crippen LogP contribution in [0.4, 0.5) is 4.39 Å². The Kier molecular flexibility index (Phi) is 9.84. The molecule has 1 N–H and O–H groups in total. The summed E-state index contributed by atoms with van der Waals surface area (Å²) >= 11 is 9.36. The number of aldehydes is 1. The number of hydrogen-bond donors (Lipinski definition) is 1. The number of hydrogen-bond acceptors (Lipinski definition) is 3. The Balaban J connectivity index is 0.000000646. The van der Waals surface area contributed by atoms with E-state index in [1.54, 1.807) is 46.0 Å². The number of halogens is 3. The van der Waals surface area contributed by atoms with Crippen molar-refractivity contribution in [2.45, 2.75) is 39.7 Å². The van der Waals surface area contributed by atoms with E-state index in [1.807, 2.05) is 19.1 Å². The van der Waals surface area contributed by atoms with Crippen LogP contribution in [0.3, 0.4) is 0 Å². The van der Waals surface area contributed by atoms with Crippen molar-refractivity contribution in [3.8, 4) is 24.0 Å². The number of fused-ring (bicyclic) bond motifs is 1. The van der Waals surface area contributed by atoms with Crippen LogP contribution in [0, 0.1) is 25.6 Å². The molecule has 170 valence electrons. The summed E-state index contributed by atoms with van der Waals surface area (Å²) < 4.78 is 16.0. The topological polar surface area (TPSA) is 59.3 Å². The molecule has 0 amide bonds. The van der Waals surface area contributed by atoms with Crippen LogP contribution in [0.1, 0.15) is 32.0 Å². The van der Waals surface area contributed by atoms with Crippen LogP contribution in [0.5, 0.6) is 0 Å². The lowest BCUT2D eigenvalue weighted by molar-refractivity contribution is -0.107. The number of aryl methyl sites for hydroxylation is 1. The first kappa shape index (κ1) is 27.6. The van der Waals surface area contributed by atoms with Crippen LogP contribution in [0.15, 0.2) is 39.6 Å². The lowest BCUT2D eigenvalue weighted by Crippen LogP contribution is -2.22. The van der Waals surface area contributed by atoms with E-state index in [9.17, 15) is 14.0 Å². The second kappa shape index (κ2) is 11.4. The third-order valence-corrected chi connectivity index (χ3v) is 5.24. The van der Waals surface area contributed by atoms with Crippen molar-refractivity contribution in [2.75, 3.05) is 0 Å². The summed E-state index contributed by atoms with van der Waals surface area (Å²) in [6, 6.07) is 8.72. The highest BCUT2D eigenvalue weighted by atomic mass is 79.9. The molecule has 1 aromatic heterocycles. The van der Waals surface area contributed by atoms with Crippen molar-refractivity contribution in [3.05, 3.63) is 67.3 Å². The predicted molar refractivity (Wildman–Crippen MR) is 134 cm³/mol. The maximum Gasteiger partial charge on any atom is 0.258 e. The number of rotatable bonds is 3. The molecule has 0 radical (unpaired) electrons. The van der Waals surface area contributed by atoms with Gasteiger partial charge in [0.2, 0.25) is 0 Å². The van der Waals surface area contributed by atoms with Crippen molar-refractivity contribution in [3.63, 3.8) is 0 Å². The van der Waals surface area contributed by atoms with Crippen molar-refractivity contribution in [1.29, 1.82) is 0 Å². The number of nitrogens with zero attached hydrogens (tertiary/aromatic N) is 1. The van der Waals surface area contributed by atoms with Gasteiger partial charge in [-0.1, -0.05) is 35.4 Å². The zero-order valence-corrected chi connectivity index (χ0v) is 21.0. The lowest BCUT2D eigenvalue weighted by atomic mass is 9.94. The number of aromatic nitrogens is 1. The highest BCUT2D eigenvalue weighted by Crippen LogP contribution is 2.38. The maximum atomic E-state index is 14.3. The molecule has 0 saturated carbocycles. The van der Waals surface area contributed by atoms with E-state index in [-0.39, 0.29) is 21.5 Å².